The van der Waals surface area contributed by atoms with Gasteiger partial charge in [0, 0.05) is 12.2 Å². The van der Waals surface area contributed by atoms with Crippen LogP contribution in [0.2, 0.25) is 0 Å². The molecular weight excluding hydrogens is 246 g/mol. The first-order chi connectivity index (χ1) is 9.09. The van der Waals surface area contributed by atoms with Gasteiger partial charge in [-0.1, -0.05) is 18.2 Å². The van der Waals surface area contributed by atoms with Crippen LogP contribution in [0.1, 0.15) is 30.7 Å². The van der Waals surface area contributed by atoms with E-state index in [1.54, 1.807) is 0 Å². The average Bonchev–Trinajstić information content (AvgIpc) is 2.57. The molecule has 0 aliphatic carbocycles. The number of nitrogens with one attached hydrogen (secondary N) is 1. The van der Waals surface area contributed by atoms with E-state index in [0.717, 1.165) is 24.2 Å². The van der Waals surface area contributed by atoms with Gasteiger partial charge in [-0.3, -0.25) is 9.59 Å². The van der Waals surface area contributed by atoms with Crippen molar-refractivity contribution in [3.8, 4) is 0 Å². The van der Waals surface area contributed by atoms with E-state index in [-0.39, 0.29) is 12.3 Å². The Morgan fingerprint density at radius 3 is 2.74 bits per heavy atom. The van der Waals surface area contributed by atoms with Gasteiger partial charge in [-0.15, -0.1) is 0 Å². The van der Waals surface area contributed by atoms with Crippen molar-refractivity contribution in [2.75, 3.05) is 11.9 Å². The van der Waals surface area contributed by atoms with E-state index in [2.05, 4.69) is 5.32 Å². The van der Waals surface area contributed by atoms with Gasteiger partial charge in [0.15, 0.2) is 0 Å². The second-order valence-corrected chi connectivity index (χ2v) is 4.81. The lowest BCUT2D eigenvalue weighted by atomic mass is 9.81. The molecule has 2 unspecified atom stereocenters. The number of hydrogen-bond acceptors (Lipinski definition) is 3. The normalized spacial score (nSPS) is 19.7. The minimum Gasteiger partial charge on any atom is -0.481 e. The first-order valence-corrected chi connectivity index (χ1v) is 6.37. The van der Waals surface area contributed by atoms with Gasteiger partial charge >= 0.3 is 11.9 Å². The zero-order valence-electron chi connectivity index (χ0n) is 10.5. The number of carboxylic acid groups (broad SMARTS) is 2. The summed E-state index contributed by atoms with van der Waals surface area (Å²) in [5.74, 6) is -3.23. The molecule has 5 nitrogen and oxygen atoms in total. The molecule has 2 atom stereocenters. The van der Waals surface area contributed by atoms with Crippen molar-refractivity contribution in [2.24, 2.45) is 5.92 Å². The maximum atomic E-state index is 11.4. The van der Waals surface area contributed by atoms with Gasteiger partial charge in [0.25, 0.3) is 0 Å². The number of carbonyl (C=O) groups is 2. The molecular formula is C14H17NO4. The van der Waals surface area contributed by atoms with Crippen LogP contribution in [0.25, 0.3) is 0 Å². The SMILES string of the molecule is O=C(O)CC(C(=O)O)C1CCCNc2ccccc21. The van der Waals surface area contributed by atoms with Crippen LogP contribution in [0.15, 0.2) is 24.3 Å². The molecule has 3 N–H and O–H groups in total. The molecule has 0 saturated carbocycles. The zero-order valence-corrected chi connectivity index (χ0v) is 10.5. The van der Waals surface area contributed by atoms with Crippen molar-refractivity contribution in [3.05, 3.63) is 29.8 Å². The summed E-state index contributed by atoms with van der Waals surface area (Å²) in [6, 6.07) is 7.54. The molecule has 1 aromatic rings. The number of para-hydroxylation sites is 1. The van der Waals surface area contributed by atoms with Crippen LogP contribution in [0, 0.1) is 5.92 Å². The van der Waals surface area contributed by atoms with Crippen LogP contribution < -0.4 is 5.32 Å². The van der Waals surface area contributed by atoms with Crippen LogP contribution in [-0.4, -0.2) is 28.7 Å². The molecule has 5 heteroatoms. The van der Waals surface area contributed by atoms with E-state index in [1.165, 1.54) is 0 Å². The van der Waals surface area contributed by atoms with Gasteiger partial charge in [-0.05, 0) is 30.4 Å². The minimum absolute atomic E-state index is 0.250. The number of fused-ring (bicyclic) bond motifs is 1. The molecule has 0 radical (unpaired) electrons. The number of rotatable bonds is 4. The molecule has 1 aromatic carbocycles. The highest BCUT2D eigenvalue weighted by molar-refractivity contribution is 5.79. The topological polar surface area (TPSA) is 86.6 Å². The van der Waals surface area contributed by atoms with Crippen LogP contribution in [-0.2, 0) is 9.59 Å². The molecule has 0 spiro atoms. The fourth-order valence-corrected chi connectivity index (χ4v) is 2.69. The van der Waals surface area contributed by atoms with Gasteiger partial charge < -0.3 is 15.5 Å². The molecule has 0 bridgehead atoms. The Balaban J connectivity index is 2.36. The lowest BCUT2D eigenvalue weighted by Crippen LogP contribution is -2.25. The molecule has 0 amide bonds. The lowest BCUT2D eigenvalue weighted by molar-refractivity contribution is -0.149. The van der Waals surface area contributed by atoms with Crippen molar-refractivity contribution < 1.29 is 19.8 Å². The first kappa shape index (κ1) is 13.4. The van der Waals surface area contributed by atoms with Crippen LogP contribution in [0.5, 0.6) is 0 Å². The average molecular weight is 263 g/mol. The predicted molar refractivity (Wildman–Crippen MR) is 70.3 cm³/mol. The molecule has 1 aliphatic rings. The van der Waals surface area contributed by atoms with E-state index in [9.17, 15) is 14.7 Å². The lowest BCUT2D eigenvalue weighted by Gasteiger charge is -2.23. The monoisotopic (exact) mass is 263 g/mol. The van der Waals surface area contributed by atoms with Crippen molar-refractivity contribution in [1.29, 1.82) is 0 Å². The number of aliphatic carboxylic acids is 2. The molecule has 0 aromatic heterocycles. The summed E-state index contributed by atoms with van der Waals surface area (Å²) < 4.78 is 0. The van der Waals surface area contributed by atoms with Crippen LogP contribution in [0.4, 0.5) is 5.69 Å². The molecule has 19 heavy (non-hydrogen) atoms. The van der Waals surface area contributed by atoms with E-state index < -0.39 is 17.9 Å². The van der Waals surface area contributed by atoms with E-state index in [0.29, 0.717) is 6.42 Å². The Kier molecular flexibility index (Phi) is 4.04. The highest BCUT2D eigenvalue weighted by Crippen LogP contribution is 2.37. The molecule has 2 rings (SSSR count). The van der Waals surface area contributed by atoms with Gasteiger partial charge in [0.2, 0.25) is 0 Å². The summed E-state index contributed by atoms with van der Waals surface area (Å²) in [6.45, 7) is 0.785. The highest BCUT2D eigenvalue weighted by atomic mass is 16.4. The number of benzene rings is 1. The van der Waals surface area contributed by atoms with Crippen molar-refractivity contribution in [2.45, 2.75) is 25.2 Å². The van der Waals surface area contributed by atoms with Gasteiger partial charge in [0.1, 0.15) is 0 Å². The minimum atomic E-state index is -1.07. The smallest absolute Gasteiger partial charge is 0.307 e. The number of anilines is 1. The summed E-state index contributed by atoms with van der Waals surface area (Å²) in [7, 11) is 0. The third-order valence-electron chi connectivity index (χ3n) is 3.57. The summed E-state index contributed by atoms with van der Waals surface area (Å²) in [5.41, 5.74) is 1.83. The third kappa shape index (κ3) is 3.05. The Bertz CT molecular complexity index is 486. The predicted octanol–water partition coefficient (Wildman–Crippen LogP) is 2.15. The largest absolute Gasteiger partial charge is 0.481 e. The zero-order chi connectivity index (χ0) is 13.8. The number of carboxylic acids is 2. The maximum absolute atomic E-state index is 11.4. The summed E-state index contributed by atoms with van der Waals surface area (Å²) >= 11 is 0. The first-order valence-electron chi connectivity index (χ1n) is 6.37. The quantitative estimate of drug-likeness (QED) is 0.774. The highest BCUT2D eigenvalue weighted by Gasteiger charge is 2.33. The Morgan fingerprint density at radius 1 is 1.32 bits per heavy atom. The third-order valence-corrected chi connectivity index (χ3v) is 3.57. The Labute approximate surface area is 111 Å². The molecule has 1 heterocycles. The standard InChI is InChI=1S/C14H17NO4/c16-13(17)8-11(14(18)19)9-5-3-7-15-12-6-2-1-4-10(9)12/h1-2,4,6,9,11,15H,3,5,7-8H2,(H,16,17)(H,18,19). The van der Waals surface area contributed by atoms with E-state index >= 15 is 0 Å². The molecule has 1 aliphatic heterocycles. The van der Waals surface area contributed by atoms with Crippen molar-refractivity contribution in [3.63, 3.8) is 0 Å². The van der Waals surface area contributed by atoms with Gasteiger partial charge in [-0.2, -0.15) is 0 Å². The molecule has 0 saturated heterocycles. The van der Waals surface area contributed by atoms with Crippen molar-refractivity contribution >= 4 is 17.6 Å². The van der Waals surface area contributed by atoms with Crippen LogP contribution in [0.3, 0.4) is 0 Å². The maximum Gasteiger partial charge on any atom is 0.307 e. The Morgan fingerprint density at radius 2 is 2.05 bits per heavy atom. The van der Waals surface area contributed by atoms with E-state index in [1.807, 2.05) is 24.3 Å². The molecule has 0 fully saturated rings. The van der Waals surface area contributed by atoms with E-state index in [4.69, 9.17) is 5.11 Å². The summed E-state index contributed by atoms with van der Waals surface area (Å²) in [4.78, 5) is 22.2. The second-order valence-electron chi connectivity index (χ2n) is 4.81. The van der Waals surface area contributed by atoms with Gasteiger partial charge in [0.05, 0.1) is 12.3 Å². The fourth-order valence-electron chi connectivity index (χ4n) is 2.69. The Hall–Kier alpha value is -2.04. The van der Waals surface area contributed by atoms with Gasteiger partial charge in [-0.25, -0.2) is 0 Å². The van der Waals surface area contributed by atoms with Crippen molar-refractivity contribution in [1.82, 2.24) is 0 Å². The summed E-state index contributed by atoms with van der Waals surface area (Å²) in [6.07, 6.45) is 1.19. The second kappa shape index (κ2) is 5.73. The number of hydrogen-bond donors (Lipinski definition) is 3. The summed E-state index contributed by atoms with van der Waals surface area (Å²) in [5, 5.41) is 21.5. The van der Waals surface area contributed by atoms with Crippen LogP contribution >= 0.6 is 0 Å². The fraction of sp³-hybridized carbons (Fsp3) is 0.429. The molecule has 102 valence electrons.